The van der Waals surface area contributed by atoms with E-state index in [-0.39, 0.29) is 33.0 Å². The molecule has 10 atom stereocenters. The lowest BCUT2D eigenvalue weighted by Gasteiger charge is -2.49. The summed E-state index contributed by atoms with van der Waals surface area (Å²) in [4.78, 5) is 51.5. The third kappa shape index (κ3) is 10.2. The Bertz CT molecular complexity index is 1750. The summed E-state index contributed by atoms with van der Waals surface area (Å²) in [5.41, 5.74) is 2.67. The van der Waals surface area contributed by atoms with Crippen molar-refractivity contribution >= 4 is 23.9 Å². The fourth-order valence-corrected chi connectivity index (χ4v) is 7.00. The molecule has 56 heavy (non-hydrogen) atoms. The van der Waals surface area contributed by atoms with Crippen molar-refractivity contribution in [1.29, 1.82) is 0 Å². The van der Waals surface area contributed by atoms with Gasteiger partial charge in [-0.15, -0.1) is 0 Å². The molecule has 2 amide bonds. The minimum atomic E-state index is -1.44. The average Bonchev–Trinajstić information content (AvgIpc) is 3.55. The molecule has 0 spiro atoms. The average molecular weight is 778 g/mol. The zero-order valence-electron chi connectivity index (χ0n) is 31.6. The molecule has 15 nitrogen and oxygen atoms in total. The van der Waals surface area contributed by atoms with Gasteiger partial charge >= 0.3 is 18.0 Å². The van der Waals surface area contributed by atoms with Crippen LogP contribution in [0, 0.1) is 0 Å². The van der Waals surface area contributed by atoms with Crippen molar-refractivity contribution in [3.8, 4) is 0 Å². The second-order valence-electron chi connectivity index (χ2n) is 13.6. The molecular weight excluding hydrogens is 730 g/mol. The van der Waals surface area contributed by atoms with E-state index in [1.54, 1.807) is 0 Å². The van der Waals surface area contributed by atoms with Crippen molar-refractivity contribution in [3.05, 3.63) is 108 Å². The molecule has 3 heterocycles. The van der Waals surface area contributed by atoms with E-state index in [1.165, 1.54) is 27.9 Å². The molecule has 0 bridgehead atoms. The first-order valence-corrected chi connectivity index (χ1v) is 18.4. The fraction of sp³-hybridized carbons (Fsp3) is 0.463. The van der Waals surface area contributed by atoms with Crippen LogP contribution in [0.5, 0.6) is 0 Å². The zero-order chi connectivity index (χ0) is 39.6. The Hall–Kier alpha value is -4.74. The predicted molar refractivity (Wildman–Crippen MR) is 194 cm³/mol. The Balaban J connectivity index is 1.38. The van der Waals surface area contributed by atoms with E-state index < -0.39 is 85.3 Å². The molecule has 3 fully saturated rings. The monoisotopic (exact) mass is 777 g/mol. The van der Waals surface area contributed by atoms with E-state index in [2.05, 4.69) is 0 Å². The molecule has 3 saturated heterocycles. The van der Waals surface area contributed by atoms with Gasteiger partial charge in [0.25, 0.3) is 0 Å². The summed E-state index contributed by atoms with van der Waals surface area (Å²) in [6, 6.07) is 27.4. The molecule has 3 aromatic carbocycles. The maximum atomic E-state index is 13.3. The van der Waals surface area contributed by atoms with E-state index in [9.17, 15) is 19.2 Å². The number of carbonyl (C=O) groups excluding carboxylic acids is 4. The number of benzene rings is 3. The van der Waals surface area contributed by atoms with Crippen LogP contribution >= 0.6 is 0 Å². The third-order valence-corrected chi connectivity index (χ3v) is 9.52. The Morgan fingerprint density at radius 3 is 1.71 bits per heavy atom. The van der Waals surface area contributed by atoms with Gasteiger partial charge in [-0.1, -0.05) is 91.0 Å². The van der Waals surface area contributed by atoms with Crippen LogP contribution in [0.2, 0.25) is 0 Å². The molecule has 0 unspecified atom stereocenters. The minimum absolute atomic E-state index is 0.0435. The van der Waals surface area contributed by atoms with Gasteiger partial charge in [0.1, 0.15) is 43.2 Å². The number of hydrogen-bond donors (Lipinski definition) is 0. The van der Waals surface area contributed by atoms with Crippen LogP contribution in [-0.4, -0.2) is 111 Å². The van der Waals surface area contributed by atoms with E-state index in [0.717, 1.165) is 21.6 Å². The Labute approximate surface area is 324 Å². The van der Waals surface area contributed by atoms with Crippen LogP contribution in [-0.2, 0) is 81.6 Å². The SMILES string of the molecule is CO[C@@H]1O[C@H](COCc2ccccc2)[C@H](OCc2ccccc2)[C@H](O[C@H]2O[C@H](COC(C)=O)[C@@H](OC(C)=O)[C@@H]3OC(=O)N(C(C)=O)[C@@H]23)[C@H]1OCc1ccccc1. The Morgan fingerprint density at radius 1 is 0.643 bits per heavy atom. The van der Waals surface area contributed by atoms with Gasteiger partial charge < -0.3 is 47.4 Å². The lowest BCUT2D eigenvalue weighted by atomic mass is 9.94. The normalized spacial score (nSPS) is 28.6. The molecule has 3 aliphatic heterocycles. The van der Waals surface area contributed by atoms with Crippen molar-refractivity contribution in [2.24, 2.45) is 0 Å². The van der Waals surface area contributed by atoms with Gasteiger partial charge in [-0.05, 0) is 16.7 Å². The van der Waals surface area contributed by atoms with Crippen molar-refractivity contribution in [2.75, 3.05) is 20.3 Å². The van der Waals surface area contributed by atoms with Crippen molar-refractivity contribution in [3.63, 3.8) is 0 Å². The Morgan fingerprint density at radius 2 is 1.18 bits per heavy atom. The number of rotatable bonds is 16. The standard InChI is InChI=1S/C41H47NO14/c1-25(43)42-33-36(56-41(42)46)35(52-27(3)45)32(24-49-26(2)44)53-39(33)55-37-34(50-21-29-16-10-6-11-17-29)31(23-48-20-28-14-8-5-9-15-28)54-40(47-4)38(37)51-22-30-18-12-7-13-19-30/h5-19,31-40H,20-24H2,1-4H3/t31-,32-,33-,34+,35-,36-,37+,38-,39-,40-/m1/s1. The van der Waals surface area contributed by atoms with Crippen LogP contribution in [0.15, 0.2) is 91.0 Å². The first-order valence-electron chi connectivity index (χ1n) is 18.4. The second-order valence-corrected chi connectivity index (χ2v) is 13.6. The predicted octanol–water partition coefficient (Wildman–Crippen LogP) is 4.09. The smallest absolute Gasteiger partial charge is 0.417 e. The van der Waals surface area contributed by atoms with Gasteiger partial charge in [-0.3, -0.25) is 14.4 Å². The summed E-state index contributed by atoms with van der Waals surface area (Å²) in [5.74, 6) is -2.00. The van der Waals surface area contributed by atoms with E-state index >= 15 is 0 Å². The number of imide groups is 1. The number of esters is 2. The topological polar surface area (TPSA) is 164 Å². The largest absolute Gasteiger partial charge is 0.463 e. The highest BCUT2D eigenvalue weighted by Gasteiger charge is 2.61. The van der Waals surface area contributed by atoms with Gasteiger partial charge in [-0.2, -0.15) is 0 Å². The number of ether oxygens (including phenoxy) is 10. The molecule has 6 rings (SSSR count). The van der Waals surface area contributed by atoms with E-state index in [0.29, 0.717) is 0 Å². The van der Waals surface area contributed by atoms with Crippen molar-refractivity contribution in [2.45, 2.75) is 102 Å². The molecule has 3 aliphatic rings. The molecule has 0 N–H and O–H groups in total. The number of amides is 2. The minimum Gasteiger partial charge on any atom is -0.463 e. The molecule has 0 saturated carbocycles. The third-order valence-electron chi connectivity index (χ3n) is 9.52. The molecular formula is C41H47NO14. The highest BCUT2D eigenvalue weighted by Crippen LogP contribution is 2.39. The maximum absolute atomic E-state index is 13.3. The van der Waals surface area contributed by atoms with Crippen LogP contribution in [0.25, 0.3) is 0 Å². The number of carbonyl (C=O) groups is 4. The van der Waals surface area contributed by atoms with Gasteiger partial charge in [0.15, 0.2) is 24.8 Å². The highest BCUT2D eigenvalue weighted by molar-refractivity contribution is 5.92. The molecule has 0 aromatic heterocycles. The van der Waals surface area contributed by atoms with Crippen molar-refractivity contribution < 1.29 is 66.5 Å². The van der Waals surface area contributed by atoms with Gasteiger partial charge in [0.05, 0.1) is 26.4 Å². The number of methoxy groups -OCH3 is 1. The highest BCUT2D eigenvalue weighted by atomic mass is 16.8. The van der Waals surface area contributed by atoms with Gasteiger partial charge in [0, 0.05) is 27.9 Å². The zero-order valence-corrected chi connectivity index (χ0v) is 31.6. The lowest BCUT2D eigenvalue weighted by Crippen LogP contribution is -2.67. The Kier molecular flexibility index (Phi) is 14.2. The molecule has 15 heteroatoms. The second kappa shape index (κ2) is 19.4. The quantitative estimate of drug-likeness (QED) is 0.151. The summed E-state index contributed by atoms with van der Waals surface area (Å²) < 4.78 is 61.7. The van der Waals surface area contributed by atoms with Crippen LogP contribution in [0.1, 0.15) is 37.5 Å². The summed E-state index contributed by atoms with van der Waals surface area (Å²) in [6.07, 6.45) is -11.0. The molecule has 0 aliphatic carbocycles. The summed E-state index contributed by atoms with van der Waals surface area (Å²) in [6.45, 7) is 3.77. The first-order chi connectivity index (χ1) is 27.1. The van der Waals surface area contributed by atoms with Crippen LogP contribution in [0.4, 0.5) is 4.79 Å². The summed E-state index contributed by atoms with van der Waals surface area (Å²) >= 11 is 0. The fourth-order valence-electron chi connectivity index (χ4n) is 7.00. The summed E-state index contributed by atoms with van der Waals surface area (Å²) in [7, 11) is 1.47. The number of nitrogens with zero attached hydrogens (tertiary/aromatic N) is 1. The molecule has 300 valence electrons. The van der Waals surface area contributed by atoms with Gasteiger partial charge in [0.2, 0.25) is 5.91 Å². The van der Waals surface area contributed by atoms with Gasteiger partial charge in [-0.25, -0.2) is 9.69 Å². The summed E-state index contributed by atoms with van der Waals surface area (Å²) in [5, 5.41) is 0. The van der Waals surface area contributed by atoms with E-state index in [1.807, 2.05) is 91.0 Å². The number of fused-ring (bicyclic) bond motifs is 1. The number of hydrogen-bond acceptors (Lipinski definition) is 14. The van der Waals surface area contributed by atoms with Crippen LogP contribution in [0.3, 0.4) is 0 Å². The molecule has 3 aromatic rings. The van der Waals surface area contributed by atoms with E-state index in [4.69, 9.17) is 47.4 Å². The molecule has 0 radical (unpaired) electrons. The maximum Gasteiger partial charge on any atom is 0.417 e. The van der Waals surface area contributed by atoms with Crippen molar-refractivity contribution in [1.82, 2.24) is 4.90 Å². The lowest BCUT2D eigenvalue weighted by molar-refractivity contribution is -0.357. The van der Waals surface area contributed by atoms with Crippen LogP contribution < -0.4 is 0 Å². The first kappa shape index (κ1) is 40.9.